The Morgan fingerprint density at radius 3 is 1.44 bits per heavy atom. The van der Waals surface area contributed by atoms with Crippen LogP contribution >= 0.6 is 0 Å². The van der Waals surface area contributed by atoms with Crippen molar-refractivity contribution in [3.63, 3.8) is 0 Å². The van der Waals surface area contributed by atoms with E-state index in [1.54, 1.807) is 0 Å². The summed E-state index contributed by atoms with van der Waals surface area (Å²) in [4.78, 5) is 27.8. The van der Waals surface area contributed by atoms with E-state index in [-0.39, 0.29) is 0 Å². The third kappa shape index (κ3) is 4.65. The smallest absolute Gasteiger partial charge is 0.344 e. The van der Waals surface area contributed by atoms with E-state index in [0.717, 1.165) is 6.92 Å². The van der Waals surface area contributed by atoms with Gasteiger partial charge in [0.1, 0.15) is 35.8 Å². The number of halogens is 7. The first-order valence-electron chi connectivity index (χ1n) is 8.46. The van der Waals surface area contributed by atoms with Crippen LogP contribution in [0, 0.1) is 47.6 Å². The summed E-state index contributed by atoms with van der Waals surface area (Å²) in [6.45, 7) is -1.17. The summed E-state index contributed by atoms with van der Waals surface area (Å²) < 4.78 is 106. The fourth-order valence-corrected chi connectivity index (χ4v) is 2.45. The molecule has 0 fully saturated rings. The summed E-state index contributed by atoms with van der Waals surface area (Å²) in [6.07, 6.45) is 0. The van der Waals surface area contributed by atoms with E-state index < -0.39 is 93.9 Å². The van der Waals surface area contributed by atoms with Gasteiger partial charge in [0.2, 0.25) is 0 Å². The second-order valence-corrected chi connectivity index (χ2v) is 5.92. The van der Waals surface area contributed by atoms with Gasteiger partial charge in [-0.1, -0.05) is 10.2 Å². The van der Waals surface area contributed by atoms with Gasteiger partial charge in [0, 0.05) is 9.82 Å². The van der Waals surface area contributed by atoms with Crippen LogP contribution in [-0.4, -0.2) is 25.2 Å². The molecule has 0 heterocycles. The van der Waals surface area contributed by atoms with Gasteiger partial charge in [-0.25, -0.2) is 40.3 Å². The summed E-state index contributed by atoms with van der Waals surface area (Å²) in [5.41, 5.74) is 9.65. The van der Waals surface area contributed by atoms with Crippen molar-refractivity contribution < 1.29 is 49.8 Å². The van der Waals surface area contributed by atoms with Crippen LogP contribution < -0.4 is 0 Å². The van der Waals surface area contributed by atoms with Crippen LogP contribution in [0.2, 0.25) is 0 Å². The molecule has 34 heavy (non-hydrogen) atoms. The van der Waals surface area contributed by atoms with Crippen molar-refractivity contribution in [3.05, 3.63) is 78.3 Å². The second kappa shape index (κ2) is 10.4. The second-order valence-electron chi connectivity index (χ2n) is 5.92. The molecule has 0 unspecified atom stereocenters. The maximum atomic E-state index is 14.2. The van der Waals surface area contributed by atoms with Gasteiger partial charge in [0.25, 0.3) is 0 Å². The van der Waals surface area contributed by atoms with Crippen molar-refractivity contribution in [1.29, 1.82) is 0 Å². The van der Waals surface area contributed by atoms with E-state index >= 15 is 0 Å². The van der Waals surface area contributed by atoms with E-state index in [2.05, 4.69) is 24.6 Å². The van der Waals surface area contributed by atoms with Crippen molar-refractivity contribution in [2.45, 2.75) is 6.92 Å². The summed E-state index contributed by atoms with van der Waals surface area (Å²) in [5, 5.41) is 5.19. The van der Waals surface area contributed by atoms with Crippen LogP contribution in [0.25, 0.3) is 20.9 Å². The Balaban J connectivity index is 2.16. The largest absolute Gasteiger partial charge is 0.458 e. The molecule has 0 spiro atoms. The molecule has 0 aliphatic carbocycles. The normalized spacial score (nSPS) is 10.2. The molecule has 10 nitrogen and oxygen atoms in total. The minimum atomic E-state index is -2.25. The molecule has 178 valence electrons. The minimum Gasteiger partial charge on any atom is -0.458 e. The number of carbonyl (C=O) groups is 2. The Morgan fingerprint density at radius 1 is 0.676 bits per heavy atom. The number of ether oxygens (including phenoxy) is 2. The standard InChI is InChI=1S/C17H7F7N6O4/c1-4-7(18)5(8(19)11(22)14(4)27-29-25)16(31)33-2-3-34-17(32)6-9(20)12(23)15(28-30-26)13(24)10(6)21/h2-3H2,1H3. The van der Waals surface area contributed by atoms with E-state index in [4.69, 9.17) is 11.1 Å². The van der Waals surface area contributed by atoms with Crippen LogP contribution in [-0.2, 0) is 9.47 Å². The lowest BCUT2D eigenvalue weighted by molar-refractivity contribution is 0.0252. The molecule has 0 atom stereocenters. The van der Waals surface area contributed by atoms with Crippen molar-refractivity contribution in [3.8, 4) is 0 Å². The van der Waals surface area contributed by atoms with Crippen LogP contribution in [0.3, 0.4) is 0 Å². The minimum absolute atomic E-state index is 0.728. The van der Waals surface area contributed by atoms with Gasteiger partial charge in [-0.15, -0.1) is 0 Å². The molecule has 0 bridgehead atoms. The topological polar surface area (TPSA) is 150 Å². The molecule has 0 saturated heterocycles. The Morgan fingerprint density at radius 2 is 1.03 bits per heavy atom. The van der Waals surface area contributed by atoms with E-state index in [9.17, 15) is 40.3 Å². The Bertz CT molecular complexity index is 1150. The number of benzene rings is 2. The lowest BCUT2D eigenvalue weighted by Gasteiger charge is -2.12. The number of rotatable bonds is 7. The highest BCUT2D eigenvalue weighted by Crippen LogP contribution is 2.32. The molecule has 0 amide bonds. The van der Waals surface area contributed by atoms with Crippen molar-refractivity contribution >= 4 is 23.3 Å². The summed E-state index contributed by atoms with van der Waals surface area (Å²) in [7, 11) is 0. The highest BCUT2D eigenvalue weighted by Gasteiger charge is 2.31. The van der Waals surface area contributed by atoms with Crippen LogP contribution in [0.4, 0.5) is 42.1 Å². The molecule has 0 radical (unpaired) electrons. The predicted octanol–water partition coefficient (Wildman–Crippen LogP) is 5.87. The number of nitrogens with zero attached hydrogens (tertiary/aromatic N) is 6. The van der Waals surface area contributed by atoms with Crippen molar-refractivity contribution in [2.75, 3.05) is 13.2 Å². The third-order valence-corrected chi connectivity index (χ3v) is 4.01. The highest BCUT2D eigenvalue weighted by molar-refractivity contribution is 5.91. The number of hydrogen-bond donors (Lipinski definition) is 0. The maximum Gasteiger partial charge on any atom is 0.344 e. The van der Waals surface area contributed by atoms with Crippen LogP contribution in [0.1, 0.15) is 26.3 Å². The van der Waals surface area contributed by atoms with Gasteiger partial charge in [-0.05, 0) is 23.5 Å². The van der Waals surface area contributed by atoms with Crippen molar-refractivity contribution in [1.82, 2.24) is 0 Å². The SMILES string of the molecule is Cc1c(F)c(C(=O)OCCOC(=O)c2c(F)c(F)c(N=[N+]=[N-])c(F)c2F)c(F)c(F)c1N=[N+]=[N-]. The van der Waals surface area contributed by atoms with Crippen molar-refractivity contribution in [2.24, 2.45) is 10.2 Å². The molecule has 2 rings (SSSR count). The van der Waals surface area contributed by atoms with Gasteiger partial charge in [0.05, 0.1) is 5.69 Å². The fourth-order valence-electron chi connectivity index (χ4n) is 2.45. The highest BCUT2D eigenvalue weighted by atomic mass is 19.2. The number of azide groups is 2. The Hall–Kier alpha value is -4.49. The first-order valence-corrected chi connectivity index (χ1v) is 8.46. The van der Waals surface area contributed by atoms with Gasteiger partial charge in [-0.2, -0.15) is 0 Å². The van der Waals surface area contributed by atoms with E-state index in [1.165, 1.54) is 0 Å². The zero-order valence-electron chi connectivity index (χ0n) is 16.4. The van der Waals surface area contributed by atoms with Gasteiger partial charge < -0.3 is 9.47 Å². The summed E-state index contributed by atoms with van der Waals surface area (Å²) in [5.74, 6) is -18.2. The quantitative estimate of drug-likeness (QED) is 0.0904. The van der Waals surface area contributed by atoms with Crippen LogP contribution in [0.5, 0.6) is 0 Å². The number of hydrogen-bond acceptors (Lipinski definition) is 6. The third-order valence-electron chi connectivity index (χ3n) is 4.01. The monoisotopic (exact) mass is 492 g/mol. The molecule has 0 aliphatic rings. The number of esters is 2. The zero-order valence-corrected chi connectivity index (χ0v) is 16.4. The van der Waals surface area contributed by atoms with Gasteiger partial charge >= 0.3 is 11.9 Å². The Labute approximate surface area is 182 Å². The molecule has 2 aromatic carbocycles. The molecule has 17 heteroatoms. The first kappa shape index (κ1) is 25.8. The average Bonchev–Trinajstić information content (AvgIpc) is 2.80. The van der Waals surface area contributed by atoms with Crippen LogP contribution in [0.15, 0.2) is 10.2 Å². The zero-order chi connectivity index (χ0) is 25.7. The van der Waals surface area contributed by atoms with E-state index in [0.29, 0.717) is 0 Å². The average molecular weight is 492 g/mol. The summed E-state index contributed by atoms with van der Waals surface area (Å²) in [6, 6.07) is 0. The molecular weight excluding hydrogens is 485 g/mol. The first-order chi connectivity index (χ1) is 16.0. The van der Waals surface area contributed by atoms with Gasteiger partial charge in [-0.3, -0.25) is 0 Å². The molecule has 0 N–H and O–H groups in total. The summed E-state index contributed by atoms with van der Waals surface area (Å²) >= 11 is 0. The lowest BCUT2D eigenvalue weighted by Crippen LogP contribution is -2.19. The predicted molar refractivity (Wildman–Crippen MR) is 95.5 cm³/mol. The molecule has 0 aliphatic heterocycles. The molecule has 0 saturated carbocycles. The molecule has 2 aromatic rings. The Kier molecular flexibility index (Phi) is 7.90. The molecular formula is C17H7F7N6O4. The maximum absolute atomic E-state index is 14.2. The molecule has 0 aromatic heterocycles. The number of carbonyl (C=O) groups excluding carboxylic acids is 2. The van der Waals surface area contributed by atoms with Gasteiger partial charge in [0.15, 0.2) is 34.9 Å². The lowest BCUT2D eigenvalue weighted by atomic mass is 10.1. The fraction of sp³-hybridized carbons (Fsp3) is 0.176. The van der Waals surface area contributed by atoms with E-state index in [1.807, 2.05) is 4.91 Å².